The molecule has 0 spiro atoms. The molecular weight excluding hydrogens is 765 g/mol. The van der Waals surface area contributed by atoms with Crippen LogP contribution in [0.2, 0.25) is 0 Å². The third-order valence-electron chi connectivity index (χ3n) is 12.9. The molecule has 4 nitrogen and oxygen atoms in total. The maximum atomic E-state index is 4.60. The predicted molar refractivity (Wildman–Crippen MR) is 264 cm³/mol. The van der Waals surface area contributed by atoms with Crippen molar-refractivity contribution in [3.63, 3.8) is 0 Å². The van der Waals surface area contributed by atoms with Gasteiger partial charge in [0.15, 0.2) is 0 Å². The van der Waals surface area contributed by atoms with Gasteiger partial charge in [-0.1, -0.05) is 133 Å². The summed E-state index contributed by atoms with van der Waals surface area (Å²) in [5.41, 5.74) is 17.4. The Morgan fingerprint density at radius 2 is 0.746 bits per heavy atom. The van der Waals surface area contributed by atoms with Crippen molar-refractivity contribution in [1.29, 1.82) is 0 Å². The Balaban J connectivity index is 1.03. The van der Waals surface area contributed by atoms with Gasteiger partial charge in [-0.2, -0.15) is 0 Å². The van der Waals surface area contributed by atoms with Gasteiger partial charge in [0, 0.05) is 61.1 Å². The van der Waals surface area contributed by atoms with E-state index in [1.807, 2.05) is 18.3 Å². The number of hydrogen-bond acceptors (Lipinski definition) is 1. The number of para-hydroxylation sites is 3. The molecule has 0 saturated carbocycles. The van der Waals surface area contributed by atoms with Crippen LogP contribution >= 0.6 is 0 Å². The maximum absolute atomic E-state index is 4.60. The standard InChI is InChI=1S/C59H38N4/c1-3-15-39(16-4-1)41-30-34-54-49(37-41)50-38-44(33-35-55(50)61(54)42-17-5-2-6-18-42)63-53-25-10-8-20-48(53)59-46(22-14-27-57(59)63)45-21-13-26-56-58(45)47-19-7-9-24-52(47)62(56)43-31-28-40(29-32-43)51-23-11-12-36-60-51/h1-38H. The second kappa shape index (κ2) is 14.1. The molecule has 0 aliphatic carbocycles. The summed E-state index contributed by atoms with van der Waals surface area (Å²) >= 11 is 0. The molecule has 4 aromatic heterocycles. The number of nitrogens with zero attached hydrogens (tertiary/aromatic N) is 4. The van der Waals surface area contributed by atoms with E-state index in [2.05, 4.69) is 231 Å². The van der Waals surface area contributed by atoms with Crippen LogP contribution in [-0.2, 0) is 0 Å². The summed E-state index contributed by atoms with van der Waals surface area (Å²) < 4.78 is 7.27. The van der Waals surface area contributed by atoms with E-state index < -0.39 is 0 Å². The van der Waals surface area contributed by atoms with Crippen LogP contribution in [0.3, 0.4) is 0 Å². The molecule has 4 heteroatoms. The van der Waals surface area contributed by atoms with Gasteiger partial charge in [0.05, 0.1) is 38.8 Å². The molecule has 0 bridgehead atoms. The maximum Gasteiger partial charge on any atom is 0.0701 e. The Morgan fingerprint density at radius 1 is 0.270 bits per heavy atom. The highest BCUT2D eigenvalue weighted by Gasteiger charge is 2.22. The zero-order valence-corrected chi connectivity index (χ0v) is 34.2. The molecule has 0 aliphatic heterocycles. The largest absolute Gasteiger partial charge is 0.309 e. The van der Waals surface area contributed by atoms with Gasteiger partial charge in [0.25, 0.3) is 0 Å². The van der Waals surface area contributed by atoms with Crippen molar-refractivity contribution in [3.05, 3.63) is 231 Å². The molecule has 0 saturated heterocycles. The SMILES string of the molecule is c1ccc(-c2ccc3c(c2)c2cc(-n4c5ccccc5c5c(-c6cccc7c6c6ccccc6n7-c6ccc(-c7ccccn7)cc6)cccc54)ccc2n3-c2ccccc2)cc1. The van der Waals surface area contributed by atoms with E-state index in [4.69, 9.17) is 0 Å². The van der Waals surface area contributed by atoms with Crippen molar-refractivity contribution < 1.29 is 0 Å². The topological polar surface area (TPSA) is 27.7 Å². The van der Waals surface area contributed by atoms with Gasteiger partial charge in [0.2, 0.25) is 0 Å². The number of hydrogen-bond donors (Lipinski definition) is 0. The van der Waals surface area contributed by atoms with E-state index >= 15 is 0 Å². The molecule has 0 atom stereocenters. The van der Waals surface area contributed by atoms with E-state index in [-0.39, 0.29) is 0 Å². The molecule has 13 rings (SSSR count). The fourth-order valence-corrected chi connectivity index (χ4v) is 10.2. The minimum Gasteiger partial charge on any atom is -0.309 e. The minimum atomic E-state index is 0.969. The second-order valence-corrected chi connectivity index (χ2v) is 16.3. The quantitative estimate of drug-likeness (QED) is 0.165. The molecule has 13 aromatic rings. The number of aromatic nitrogens is 4. The normalized spacial score (nSPS) is 11.8. The van der Waals surface area contributed by atoms with E-state index in [0.717, 1.165) is 28.3 Å². The average Bonchev–Trinajstić information content (AvgIpc) is 4.00. The summed E-state index contributed by atoms with van der Waals surface area (Å²) in [6.07, 6.45) is 1.85. The minimum absolute atomic E-state index is 0.969. The first-order chi connectivity index (χ1) is 31.3. The van der Waals surface area contributed by atoms with Crippen LogP contribution in [0.1, 0.15) is 0 Å². The van der Waals surface area contributed by atoms with Crippen LogP contribution in [0.5, 0.6) is 0 Å². The third kappa shape index (κ3) is 5.45. The Bertz CT molecular complexity index is 3870. The molecule has 4 heterocycles. The Morgan fingerprint density at radius 3 is 1.40 bits per heavy atom. The Hall–Kier alpha value is -8.47. The van der Waals surface area contributed by atoms with E-state index in [9.17, 15) is 0 Å². The molecule has 0 fully saturated rings. The zero-order chi connectivity index (χ0) is 41.4. The first kappa shape index (κ1) is 35.3. The number of pyridine rings is 1. The molecular formula is C59H38N4. The van der Waals surface area contributed by atoms with Crippen LogP contribution in [0.15, 0.2) is 231 Å². The second-order valence-electron chi connectivity index (χ2n) is 16.3. The molecule has 0 N–H and O–H groups in total. The summed E-state index contributed by atoms with van der Waals surface area (Å²) in [6, 6.07) is 81.5. The molecule has 0 unspecified atom stereocenters. The average molecular weight is 803 g/mol. The van der Waals surface area contributed by atoms with Crippen LogP contribution in [-0.4, -0.2) is 18.7 Å². The van der Waals surface area contributed by atoms with Crippen LogP contribution in [0.25, 0.3) is 116 Å². The highest BCUT2D eigenvalue weighted by Crippen LogP contribution is 2.45. The lowest BCUT2D eigenvalue weighted by molar-refractivity contribution is 1.17. The van der Waals surface area contributed by atoms with Crippen LogP contribution in [0.4, 0.5) is 0 Å². The molecule has 63 heavy (non-hydrogen) atoms. The summed E-state index contributed by atoms with van der Waals surface area (Å²) in [5, 5.41) is 7.40. The summed E-state index contributed by atoms with van der Waals surface area (Å²) in [5.74, 6) is 0. The van der Waals surface area contributed by atoms with Crippen molar-refractivity contribution >= 4 is 65.4 Å². The zero-order valence-electron chi connectivity index (χ0n) is 34.2. The van der Waals surface area contributed by atoms with Gasteiger partial charge in [0.1, 0.15) is 0 Å². The highest BCUT2D eigenvalue weighted by molar-refractivity contribution is 6.22. The van der Waals surface area contributed by atoms with Crippen LogP contribution in [0, 0.1) is 0 Å². The lowest BCUT2D eigenvalue weighted by Gasteiger charge is -2.12. The number of rotatable bonds is 6. The van der Waals surface area contributed by atoms with Crippen molar-refractivity contribution in [2.75, 3.05) is 0 Å². The fraction of sp³-hybridized carbons (Fsp3) is 0. The first-order valence-electron chi connectivity index (χ1n) is 21.5. The van der Waals surface area contributed by atoms with E-state index in [0.29, 0.717) is 0 Å². The first-order valence-corrected chi connectivity index (χ1v) is 21.5. The smallest absolute Gasteiger partial charge is 0.0701 e. The van der Waals surface area contributed by atoms with Crippen molar-refractivity contribution in [3.8, 4) is 50.6 Å². The summed E-state index contributed by atoms with van der Waals surface area (Å²) in [7, 11) is 0. The monoisotopic (exact) mass is 802 g/mol. The molecule has 0 amide bonds. The van der Waals surface area contributed by atoms with Crippen molar-refractivity contribution in [2.24, 2.45) is 0 Å². The fourth-order valence-electron chi connectivity index (χ4n) is 10.2. The summed E-state index contributed by atoms with van der Waals surface area (Å²) in [4.78, 5) is 4.60. The molecule has 0 aliphatic rings. The number of benzene rings is 9. The Kier molecular flexibility index (Phi) is 7.87. The third-order valence-corrected chi connectivity index (χ3v) is 12.9. The van der Waals surface area contributed by atoms with Crippen LogP contribution < -0.4 is 0 Å². The van der Waals surface area contributed by atoms with Gasteiger partial charge < -0.3 is 13.7 Å². The molecule has 294 valence electrons. The van der Waals surface area contributed by atoms with Gasteiger partial charge in [-0.25, -0.2) is 0 Å². The molecule has 9 aromatic carbocycles. The van der Waals surface area contributed by atoms with Gasteiger partial charge in [-0.3, -0.25) is 4.98 Å². The lowest BCUT2D eigenvalue weighted by Crippen LogP contribution is -1.95. The number of fused-ring (bicyclic) bond motifs is 9. The predicted octanol–water partition coefficient (Wildman–Crippen LogP) is 15.4. The van der Waals surface area contributed by atoms with Crippen molar-refractivity contribution in [2.45, 2.75) is 0 Å². The molecule has 0 radical (unpaired) electrons. The van der Waals surface area contributed by atoms with Gasteiger partial charge >= 0.3 is 0 Å². The van der Waals surface area contributed by atoms with Gasteiger partial charge in [-0.15, -0.1) is 0 Å². The van der Waals surface area contributed by atoms with E-state index in [1.165, 1.54) is 87.7 Å². The van der Waals surface area contributed by atoms with Gasteiger partial charge in [-0.05, 0) is 113 Å². The lowest BCUT2D eigenvalue weighted by atomic mass is 9.95. The van der Waals surface area contributed by atoms with Crippen molar-refractivity contribution in [1.82, 2.24) is 18.7 Å². The summed E-state index contributed by atoms with van der Waals surface area (Å²) in [6.45, 7) is 0. The Labute approximate surface area is 363 Å². The highest BCUT2D eigenvalue weighted by atomic mass is 15.0. The van der Waals surface area contributed by atoms with E-state index in [1.54, 1.807) is 0 Å².